The minimum atomic E-state index is -2.86. The summed E-state index contributed by atoms with van der Waals surface area (Å²) >= 11 is 0. The van der Waals surface area contributed by atoms with Crippen LogP contribution in [0, 0.1) is 17.0 Å². The Bertz CT molecular complexity index is 506. The number of alkyl halides is 2. The van der Waals surface area contributed by atoms with Crippen LogP contribution in [-0.2, 0) is 16.0 Å². The number of hydrogen-bond acceptors (Lipinski definition) is 5. The van der Waals surface area contributed by atoms with Gasteiger partial charge in [0.1, 0.15) is 6.42 Å². The summed E-state index contributed by atoms with van der Waals surface area (Å²) < 4.78 is 30.4. The maximum atomic E-state index is 12.9. The van der Waals surface area contributed by atoms with Gasteiger partial charge in [-0.15, -0.1) is 0 Å². The number of aromatic nitrogens is 1. The van der Waals surface area contributed by atoms with E-state index >= 15 is 0 Å². The largest absolute Gasteiger partial charge is 0.466 e. The number of pyridine rings is 1. The lowest BCUT2D eigenvalue weighted by Crippen LogP contribution is -2.13. The van der Waals surface area contributed by atoms with E-state index in [4.69, 9.17) is 0 Å². The lowest BCUT2D eigenvalue weighted by atomic mass is 10.1. The van der Waals surface area contributed by atoms with E-state index in [0.717, 1.165) is 6.07 Å². The molecule has 0 saturated carbocycles. The van der Waals surface area contributed by atoms with Crippen LogP contribution in [0.15, 0.2) is 6.07 Å². The molecule has 0 atom stereocenters. The van der Waals surface area contributed by atoms with Gasteiger partial charge in [-0.3, -0.25) is 4.79 Å². The Labute approximate surface area is 107 Å². The molecular weight excluding hydrogens is 262 g/mol. The molecule has 0 bridgehead atoms. The first-order valence-corrected chi connectivity index (χ1v) is 5.45. The number of halogens is 2. The first-order valence-electron chi connectivity index (χ1n) is 5.45. The average Bonchev–Trinajstić information content (AvgIpc) is 2.27. The first-order chi connectivity index (χ1) is 8.86. The van der Waals surface area contributed by atoms with E-state index in [2.05, 4.69) is 9.72 Å². The summed E-state index contributed by atoms with van der Waals surface area (Å²) in [5.41, 5.74) is -0.755. The number of rotatable bonds is 5. The van der Waals surface area contributed by atoms with Crippen LogP contribution in [0.3, 0.4) is 0 Å². The highest BCUT2D eigenvalue weighted by Gasteiger charge is 2.26. The smallest absolute Gasteiger partial charge is 0.363 e. The highest BCUT2D eigenvalue weighted by Crippen LogP contribution is 2.28. The van der Waals surface area contributed by atoms with Crippen LogP contribution in [-0.4, -0.2) is 22.5 Å². The number of nitrogens with zero attached hydrogens (tertiary/aromatic N) is 2. The van der Waals surface area contributed by atoms with Crippen molar-refractivity contribution < 1.29 is 23.2 Å². The lowest BCUT2D eigenvalue weighted by molar-refractivity contribution is -0.389. The van der Waals surface area contributed by atoms with Crippen molar-refractivity contribution >= 4 is 11.8 Å². The fraction of sp³-hybridized carbons (Fsp3) is 0.455. The van der Waals surface area contributed by atoms with E-state index < -0.39 is 35.1 Å². The van der Waals surface area contributed by atoms with Crippen molar-refractivity contribution in [2.24, 2.45) is 0 Å². The number of carbonyl (C=O) groups is 1. The van der Waals surface area contributed by atoms with E-state index in [-0.39, 0.29) is 17.9 Å². The SMILES string of the molecule is CCOC(=O)Cc1nc([N+](=O)[O-])cc(C)c1C(F)F. The third-order valence-electron chi connectivity index (χ3n) is 2.35. The number of hydrogen-bond donors (Lipinski definition) is 0. The Morgan fingerprint density at radius 1 is 1.58 bits per heavy atom. The van der Waals surface area contributed by atoms with Gasteiger partial charge in [-0.2, -0.15) is 0 Å². The van der Waals surface area contributed by atoms with Crippen LogP contribution < -0.4 is 0 Å². The molecule has 0 amide bonds. The third kappa shape index (κ3) is 3.67. The monoisotopic (exact) mass is 274 g/mol. The number of aryl methyl sites for hydroxylation is 1. The van der Waals surface area contributed by atoms with Crippen molar-refractivity contribution in [3.05, 3.63) is 33.0 Å². The zero-order valence-corrected chi connectivity index (χ0v) is 10.4. The van der Waals surface area contributed by atoms with Gasteiger partial charge in [-0.25, -0.2) is 8.78 Å². The molecular formula is C11H12F2N2O4. The van der Waals surface area contributed by atoms with Crippen molar-refractivity contribution in [1.82, 2.24) is 4.98 Å². The molecule has 1 aromatic rings. The molecule has 6 nitrogen and oxygen atoms in total. The highest BCUT2D eigenvalue weighted by molar-refractivity contribution is 5.72. The number of ether oxygens (including phenoxy) is 1. The summed E-state index contributed by atoms with van der Waals surface area (Å²) in [6.07, 6.45) is -3.38. The minimum Gasteiger partial charge on any atom is -0.466 e. The quantitative estimate of drug-likeness (QED) is 0.467. The molecule has 8 heteroatoms. The molecule has 0 unspecified atom stereocenters. The highest BCUT2D eigenvalue weighted by atomic mass is 19.3. The minimum absolute atomic E-state index is 0.0241. The summed E-state index contributed by atoms with van der Waals surface area (Å²) in [6.45, 7) is 2.97. The molecule has 0 fully saturated rings. The van der Waals surface area contributed by atoms with Gasteiger partial charge in [-0.05, 0) is 29.3 Å². The second-order valence-corrected chi connectivity index (χ2v) is 3.70. The topological polar surface area (TPSA) is 82.3 Å². The van der Waals surface area contributed by atoms with Gasteiger partial charge in [0, 0.05) is 6.07 Å². The molecule has 104 valence electrons. The van der Waals surface area contributed by atoms with Crippen LogP contribution in [0.5, 0.6) is 0 Å². The number of carbonyl (C=O) groups excluding carboxylic acids is 1. The summed E-state index contributed by atoms with van der Waals surface area (Å²) in [4.78, 5) is 24.6. The average molecular weight is 274 g/mol. The van der Waals surface area contributed by atoms with E-state index in [9.17, 15) is 23.7 Å². The maximum Gasteiger partial charge on any atom is 0.363 e. The lowest BCUT2D eigenvalue weighted by Gasteiger charge is -2.08. The van der Waals surface area contributed by atoms with Gasteiger partial charge in [0.05, 0.1) is 12.2 Å². The number of nitro groups is 1. The molecule has 0 aromatic carbocycles. The van der Waals surface area contributed by atoms with Crippen molar-refractivity contribution in [3.63, 3.8) is 0 Å². The van der Waals surface area contributed by atoms with Crippen molar-refractivity contribution in [3.8, 4) is 0 Å². The fourth-order valence-electron chi connectivity index (χ4n) is 1.60. The Hall–Kier alpha value is -2.12. The fourth-order valence-corrected chi connectivity index (χ4v) is 1.60. The number of esters is 1. The van der Waals surface area contributed by atoms with E-state index in [0.29, 0.717) is 0 Å². The molecule has 0 radical (unpaired) electrons. The molecule has 1 heterocycles. The Morgan fingerprint density at radius 3 is 2.68 bits per heavy atom. The van der Waals surface area contributed by atoms with Crippen molar-refractivity contribution in [2.45, 2.75) is 26.7 Å². The molecule has 0 spiro atoms. The third-order valence-corrected chi connectivity index (χ3v) is 2.35. The van der Waals surface area contributed by atoms with E-state index in [1.54, 1.807) is 6.92 Å². The zero-order valence-electron chi connectivity index (χ0n) is 10.4. The maximum absolute atomic E-state index is 12.9. The second-order valence-electron chi connectivity index (χ2n) is 3.70. The van der Waals surface area contributed by atoms with Crippen LogP contribution in [0.4, 0.5) is 14.6 Å². The standard InChI is InChI=1S/C11H12F2N2O4/c1-3-19-9(16)5-7-10(11(12)13)6(2)4-8(14-7)15(17)18/h4,11H,3,5H2,1-2H3. The molecule has 19 heavy (non-hydrogen) atoms. The molecule has 0 N–H and O–H groups in total. The van der Waals surface area contributed by atoms with Gasteiger partial charge >= 0.3 is 11.8 Å². The van der Waals surface area contributed by atoms with Crippen LogP contribution in [0.1, 0.15) is 30.2 Å². The van der Waals surface area contributed by atoms with Crippen LogP contribution in [0.25, 0.3) is 0 Å². The molecule has 1 rings (SSSR count). The molecule has 0 aliphatic heterocycles. The summed E-state index contributed by atoms with van der Waals surface area (Å²) in [5.74, 6) is -1.32. The Kier molecular flexibility index (Phi) is 4.85. The van der Waals surface area contributed by atoms with Gasteiger partial charge in [-0.1, -0.05) is 0 Å². The van der Waals surface area contributed by atoms with Crippen molar-refractivity contribution in [2.75, 3.05) is 6.61 Å². The second kappa shape index (κ2) is 6.17. The Morgan fingerprint density at radius 2 is 2.21 bits per heavy atom. The van der Waals surface area contributed by atoms with E-state index in [1.165, 1.54) is 6.92 Å². The van der Waals surface area contributed by atoms with Crippen LogP contribution in [0.2, 0.25) is 0 Å². The molecule has 0 aliphatic rings. The summed E-state index contributed by atoms with van der Waals surface area (Å²) in [5, 5.41) is 10.6. The van der Waals surface area contributed by atoms with Crippen molar-refractivity contribution in [1.29, 1.82) is 0 Å². The van der Waals surface area contributed by atoms with Crippen LogP contribution >= 0.6 is 0 Å². The summed E-state index contributed by atoms with van der Waals surface area (Å²) in [6, 6.07) is 0.955. The zero-order chi connectivity index (χ0) is 14.6. The predicted molar refractivity (Wildman–Crippen MR) is 60.9 cm³/mol. The van der Waals surface area contributed by atoms with Gasteiger partial charge in [0.2, 0.25) is 0 Å². The first kappa shape index (κ1) is 14.9. The van der Waals surface area contributed by atoms with Gasteiger partial charge in [0.25, 0.3) is 6.43 Å². The normalized spacial score (nSPS) is 10.6. The Balaban J connectivity index is 3.24. The molecule has 1 aromatic heterocycles. The van der Waals surface area contributed by atoms with Gasteiger partial charge in [0.15, 0.2) is 5.69 Å². The van der Waals surface area contributed by atoms with Gasteiger partial charge < -0.3 is 14.9 Å². The predicted octanol–water partition coefficient (Wildman–Crippen LogP) is 2.34. The van der Waals surface area contributed by atoms with E-state index in [1.807, 2.05) is 0 Å². The summed E-state index contributed by atoms with van der Waals surface area (Å²) in [7, 11) is 0. The molecule has 0 saturated heterocycles. The molecule has 0 aliphatic carbocycles.